The molecule has 1 aliphatic carbocycles. The number of aliphatic imine (C=N–C) groups is 1. The van der Waals surface area contributed by atoms with Gasteiger partial charge in [0.05, 0.1) is 99.1 Å². The molecular formula is C77H88N12O15. The molecule has 5 atom stereocenters. The number of anilines is 2. The highest BCUT2D eigenvalue weighted by Gasteiger charge is 2.58. The molecule has 5 aromatic carbocycles. The van der Waals surface area contributed by atoms with Crippen molar-refractivity contribution in [3.63, 3.8) is 0 Å². The molecule has 27 nitrogen and oxygen atoms in total. The molecule has 27 heteroatoms. The van der Waals surface area contributed by atoms with Crippen molar-refractivity contribution < 1.29 is 71.9 Å². The van der Waals surface area contributed by atoms with Crippen LogP contribution in [-0.2, 0) is 53.1 Å². The summed E-state index contributed by atoms with van der Waals surface area (Å²) in [6, 6.07) is 25.5. The second-order valence-electron chi connectivity index (χ2n) is 28.1. The maximum absolute atomic E-state index is 14.5. The normalized spacial score (nSPS) is 17.9. The van der Waals surface area contributed by atoms with Crippen molar-refractivity contribution in [2.24, 2.45) is 16.3 Å². The molecule has 0 bridgehead atoms. The SMILES string of the molecule is C=C1C[C@H]2C=Nc3cc(OCCCCCOc4cc5c(cc4OC)C(=O)N4CC6(CC6)C[C@H]4C(O)N5C(=O)OCc4ccc(CC(=O)[C@H](C)NC(=O)[C@@H](NC(=O)CNC(=O)CNC(=O)CCC(=O)N5Cc6ccccc6-c6c(nnn6C(C)C)-c6ccccc65)C(C)C)cc4)c(OC)cc3C(=O)N2C1. The van der Waals surface area contributed by atoms with E-state index in [2.05, 4.69) is 43.2 Å². The average Bonchev–Trinajstić information content (AvgIpc) is 1.57. The number of nitrogens with one attached hydrogen (secondary N) is 4. The number of benzene rings is 5. The number of ether oxygens (including phenoxy) is 5. The van der Waals surface area contributed by atoms with Gasteiger partial charge >= 0.3 is 6.09 Å². The Bertz CT molecular complexity index is 4370. The van der Waals surface area contributed by atoms with Gasteiger partial charge in [-0.1, -0.05) is 97.9 Å². The summed E-state index contributed by atoms with van der Waals surface area (Å²) in [6.07, 6.45) is 3.85. The van der Waals surface area contributed by atoms with E-state index in [-0.39, 0.29) is 103 Å². The highest BCUT2D eigenvalue weighted by atomic mass is 16.6. The summed E-state index contributed by atoms with van der Waals surface area (Å²) in [5, 5.41) is 31.5. The molecular weight excluding hydrogens is 1330 g/mol. The molecule has 12 rings (SSSR count). The minimum absolute atomic E-state index is 0.0223. The van der Waals surface area contributed by atoms with Crippen LogP contribution < -0.4 is 50.0 Å². The lowest BCUT2D eigenvalue weighted by Gasteiger charge is -2.31. The summed E-state index contributed by atoms with van der Waals surface area (Å²) in [5.74, 6) is -2.72. The number of carbonyl (C=O) groups is 9. The van der Waals surface area contributed by atoms with Crippen molar-refractivity contribution in [2.75, 3.05) is 63.4 Å². The number of hydrogen-bond acceptors (Lipinski definition) is 18. The fourth-order valence-electron chi connectivity index (χ4n) is 14.0. The van der Waals surface area contributed by atoms with Gasteiger partial charge in [-0.15, -0.1) is 5.10 Å². The summed E-state index contributed by atoms with van der Waals surface area (Å²) in [4.78, 5) is 133. The van der Waals surface area contributed by atoms with E-state index in [1.54, 1.807) is 71.2 Å². The summed E-state index contributed by atoms with van der Waals surface area (Å²) >= 11 is 0. The molecule has 1 aromatic heterocycles. The third-order valence-electron chi connectivity index (χ3n) is 20.0. The minimum atomic E-state index is -1.47. The molecule has 6 aromatic rings. The van der Waals surface area contributed by atoms with Gasteiger partial charge in [0.25, 0.3) is 11.8 Å². The Balaban J connectivity index is 0.590. The zero-order valence-electron chi connectivity index (χ0n) is 59.5. The number of methoxy groups -OCH3 is 2. The number of rotatable bonds is 27. The third-order valence-corrected chi connectivity index (χ3v) is 20.0. The molecule has 5 N–H and O–H groups in total. The van der Waals surface area contributed by atoms with Gasteiger partial charge in [-0.05, 0) is 112 Å². The monoisotopic (exact) mass is 1420 g/mol. The Hall–Kier alpha value is -11.0. The van der Waals surface area contributed by atoms with Crippen LogP contribution in [0, 0.1) is 11.3 Å². The molecule has 1 saturated carbocycles. The van der Waals surface area contributed by atoms with E-state index in [9.17, 15) is 48.3 Å². The van der Waals surface area contributed by atoms with Crippen molar-refractivity contribution in [1.82, 2.24) is 46.1 Å². The molecule has 1 unspecified atom stereocenters. The van der Waals surface area contributed by atoms with Crippen molar-refractivity contribution in [3.8, 4) is 45.5 Å². The maximum atomic E-state index is 14.5. The molecule has 0 radical (unpaired) electrons. The lowest BCUT2D eigenvalue weighted by molar-refractivity contribution is -0.132. The van der Waals surface area contributed by atoms with E-state index < -0.39 is 73.1 Å². The lowest BCUT2D eigenvalue weighted by atomic mass is 9.95. The van der Waals surface area contributed by atoms with E-state index in [0.717, 1.165) is 45.7 Å². The Morgan fingerprint density at radius 2 is 1.35 bits per heavy atom. The fourth-order valence-corrected chi connectivity index (χ4v) is 14.0. The number of aliphatic hydroxyl groups excluding tert-OH is 1. The van der Waals surface area contributed by atoms with E-state index in [4.69, 9.17) is 23.7 Å². The van der Waals surface area contributed by atoms with E-state index in [1.807, 2.05) is 67.1 Å². The first-order valence-electron chi connectivity index (χ1n) is 35.4. The fraction of sp³-hybridized carbons (Fsp3) is 0.429. The van der Waals surface area contributed by atoms with Gasteiger partial charge < -0.3 is 64.8 Å². The summed E-state index contributed by atoms with van der Waals surface area (Å²) in [7, 11) is 2.98. The summed E-state index contributed by atoms with van der Waals surface area (Å²) in [6.45, 7) is 13.6. The van der Waals surface area contributed by atoms with Crippen molar-refractivity contribution >= 4 is 76.5 Å². The zero-order chi connectivity index (χ0) is 73.7. The standard InChI is InChI=1S/C77H88N12O15/c1-44(2)69(82-67(93)39-80-66(92)38-79-65(91)24-25-68(94)86-41-50-16-10-11-17-52(50)71-70(83-84-89(71)45(3)4)53-18-12-13-19-57(53)86)72(95)81-47(6)60(90)31-48-20-22-49(23-21-48)42-104-76(99)88-58-35-64(62(101-8)33-55(58)74(97)87-43-77(26-27-77)36-59(87)75(88)98)103-29-15-9-14-28-102-63-34-56-54(32-61(63)100-7)73(96)85-40-46(5)30-51(85)37-78-56/h10-13,16-23,32-35,37,44-45,47,51,59,69,75,98H,5,9,14-15,24-31,36,38-43H2,1-4,6-8H3,(H,79,91)(H,80,92)(H,81,95)(H,82,93)/t47-,51-,59-,69-,75?/m0/s1. The molecule has 2 saturated heterocycles. The number of unbranched alkanes of at least 4 members (excludes halogenated alkanes) is 2. The number of nitrogens with zero attached hydrogens (tertiary/aromatic N) is 8. The number of aliphatic hydroxyl groups is 1. The summed E-state index contributed by atoms with van der Waals surface area (Å²) in [5.41, 5.74) is 7.79. The van der Waals surface area contributed by atoms with E-state index >= 15 is 0 Å². The first-order valence-corrected chi connectivity index (χ1v) is 35.4. The Labute approximate surface area is 602 Å². The highest BCUT2D eigenvalue weighted by Crippen LogP contribution is 2.57. The smallest absolute Gasteiger partial charge is 0.416 e. The maximum Gasteiger partial charge on any atom is 0.416 e. The number of hydrogen-bond donors (Lipinski definition) is 5. The largest absolute Gasteiger partial charge is 0.493 e. The van der Waals surface area contributed by atoms with Crippen molar-refractivity contribution in [2.45, 2.75) is 148 Å². The second-order valence-corrected chi connectivity index (χ2v) is 28.1. The zero-order valence-corrected chi connectivity index (χ0v) is 59.5. The molecule has 546 valence electrons. The summed E-state index contributed by atoms with van der Waals surface area (Å²) < 4.78 is 31.6. The van der Waals surface area contributed by atoms with Gasteiger partial charge in [0.15, 0.2) is 35.0 Å². The first kappa shape index (κ1) is 72.8. The van der Waals surface area contributed by atoms with Gasteiger partial charge in [-0.3, -0.25) is 43.3 Å². The average molecular weight is 1420 g/mol. The lowest BCUT2D eigenvalue weighted by Crippen LogP contribution is -2.54. The van der Waals surface area contributed by atoms with Crippen LogP contribution >= 0.6 is 0 Å². The predicted octanol–water partition coefficient (Wildman–Crippen LogP) is 8.11. The molecule has 104 heavy (non-hydrogen) atoms. The third kappa shape index (κ3) is 15.8. The van der Waals surface area contributed by atoms with Crippen LogP contribution in [0.3, 0.4) is 0 Å². The van der Waals surface area contributed by atoms with E-state index in [1.165, 1.54) is 33.3 Å². The number of fused-ring (bicyclic) bond motifs is 9. The molecule has 3 fully saturated rings. The van der Waals surface area contributed by atoms with Gasteiger partial charge in [-0.25, -0.2) is 14.4 Å². The Morgan fingerprint density at radius 3 is 2.05 bits per heavy atom. The number of para-hydroxylation sites is 1. The van der Waals surface area contributed by atoms with Crippen LogP contribution in [0.15, 0.2) is 114 Å². The van der Waals surface area contributed by atoms with E-state index in [0.29, 0.717) is 97.1 Å². The van der Waals surface area contributed by atoms with Crippen molar-refractivity contribution in [3.05, 3.63) is 137 Å². The minimum Gasteiger partial charge on any atom is -0.493 e. The number of Topliss-reactive ketones (excluding diaryl/α,β-unsaturated/α-hetero) is 1. The Morgan fingerprint density at radius 1 is 0.692 bits per heavy atom. The first-order chi connectivity index (χ1) is 50.0. The van der Waals surface area contributed by atoms with Gasteiger partial charge in [0.1, 0.15) is 18.3 Å². The van der Waals surface area contributed by atoms with Crippen molar-refractivity contribution in [1.29, 1.82) is 0 Å². The van der Waals surface area contributed by atoms with Crippen LogP contribution in [0.5, 0.6) is 23.0 Å². The topological polar surface area (TPSA) is 324 Å². The van der Waals surface area contributed by atoms with Crippen LogP contribution in [0.2, 0.25) is 0 Å². The quantitative estimate of drug-likeness (QED) is 0.0240. The number of ketones is 1. The van der Waals surface area contributed by atoms with Gasteiger partial charge in [0.2, 0.25) is 29.5 Å². The molecule has 6 heterocycles. The van der Waals surface area contributed by atoms with Crippen LogP contribution in [0.25, 0.3) is 22.5 Å². The van der Waals surface area contributed by atoms with Crippen LogP contribution in [-0.4, -0.2) is 173 Å². The van der Waals surface area contributed by atoms with Gasteiger partial charge in [-0.2, -0.15) is 0 Å². The molecule has 5 aliphatic heterocycles. The second kappa shape index (κ2) is 31.3. The highest BCUT2D eigenvalue weighted by molar-refractivity contribution is 6.07. The number of amides is 8. The molecule has 8 amide bonds. The molecule has 6 aliphatic rings. The molecule has 1 spiro atoms. The van der Waals surface area contributed by atoms with Gasteiger partial charge in [0, 0.05) is 67.9 Å². The van der Waals surface area contributed by atoms with Crippen LogP contribution in [0.1, 0.15) is 136 Å². The Kier molecular flexibility index (Phi) is 21.9. The number of aromatic nitrogens is 3. The van der Waals surface area contributed by atoms with Crippen LogP contribution in [0.4, 0.5) is 21.9 Å². The number of carbonyl (C=O) groups excluding carboxylic acids is 9. The predicted molar refractivity (Wildman–Crippen MR) is 385 cm³/mol.